The first-order chi connectivity index (χ1) is 12.6. The molecule has 0 radical (unpaired) electrons. The molecule has 2 aromatic carbocycles. The van der Waals surface area contributed by atoms with Crippen LogP contribution in [0.25, 0.3) is 0 Å². The fraction of sp³-hybridized carbons (Fsp3) is 0.316. The van der Waals surface area contributed by atoms with Crippen LogP contribution in [-0.2, 0) is 4.79 Å². The minimum atomic E-state index is -0.201. The number of amides is 1. The fourth-order valence-electron chi connectivity index (χ4n) is 2.38. The number of methoxy groups -OCH3 is 3. The molecule has 0 aliphatic heterocycles. The van der Waals surface area contributed by atoms with Crippen molar-refractivity contribution in [2.24, 2.45) is 0 Å². The van der Waals surface area contributed by atoms with Crippen molar-refractivity contribution in [3.63, 3.8) is 0 Å². The number of hydrogen-bond acceptors (Lipinski definition) is 6. The third kappa shape index (κ3) is 4.95. The summed E-state index contributed by atoms with van der Waals surface area (Å²) >= 11 is 0. The summed E-state index contributed by atoms with van der Waals surface area (Å²) in [7, 11) is 4.58. The Labute approximate surface area is 153 Å². The van der Waals surface area contributed by atoms with E-state index in [4.69, 9.17) is 18.9 Å². The van der Waals surface area contributed by atoms with Crippen LogP contribution in [0, 0.1) is 0 Å². The summed E-state index contributed by atoms with van der Waals surface area (Å²) in [6, 6.07) is 10.8. The van der Waals surface area contributed by atoms with E-state index in [2.05, 4.69) is 10.6 Å². The number of ether oxygens (including phenoxy) is 4. The minimum Gasteiger partial charge on any atom is -0.494 e. The van der Waals surface area contributed by atoms with Crippen molar-refractivity contribution in [3.05, 3.63) is 36.4 Å². The molecule has 0 aromatic heterocycles. The monoisotopic (exact) mass is 360 g/mol. The van der Waals surface area contributed by atoms with Gasteiger partial charge >= 0.3 is 0 Å². The number of nitrogens with one attached hydrogen (secondary N) is 2. The molecule has 0 aliphatic rings. The van der Waals surface area contributed by atoms with Gasteiger partial charge in [0.15, 0.2) is 11.5 Å². The van der Waals surface area contributed by atoms with Gasteiger partial charge in [-0.25, -0.2) is 0 Å². The fourth-order valence-corrected chi connectivity index (χ4v) is 2.38. The topological polar surface area (TPSA) is 78.1 Å². The van der Waals surface area contributed by atoms with E-state index in [9.17, 15) is 4.79 Å². The molecule has 0 bridgehead atoms. The van der Waals surface area contributed by atoms with Gasteiger partial charge in [-0.15, -0.1) is 0 Å². The van der Waals surface area contributed by atoms with E-state index in [1.807, 2.05) is 31.2 Å². The van der Waals surface area contributed by atoms with Crippen molar-refractivity contribution in [2.45, 2.75) is 6.92 Å². The Balaban J connectivity index is 1.98. The number of benzene rings is 2. The molecular formula is C19H24N2O5. The number of carbonyl (C=O) groups is 1. The van der Waals surface area contributed by atoms with Crippen molar-refractivity contribution < 1.29 is 23.7 Å². The van der Waals surface area contributed by atoms with E-state index in [-0.39, 0.29) is 12.5 Å². The van der Waals surface area contributed by atoms with Crippen LogP contribution in [0.5, 0.6) is 23.0 Å². The predicted octanol–water partition coefficient (Wildman–Crippen LogP) is 3.16. The molecule has 0 saturated heterocycles. The van der Waals surface area contributed by atoms with Gasteiger partial charge in [0.25, 0.3) is 0 Å². The Bertz CT molecular complexity index is 706. The van der Waals surface area contributed by atoms with Gasteiger partial charge in [-0.05, 0) is 31.2 Å². The van der Waals surface area contributed by atoms with Crippen molar-refractivity contribution in [2.75, 3.05) is 45.1 Å². The highest BCUT2D eigenvalue weighted by Gasteiger charge is 2.14. The summed E-state index contributed by atoms with van der Waals surface area (Å²) in [5.74, 6) is 2.01. The summed E-state index contributed by atoms with van der Waals surface area (Å²) in [5.41, 5.74) is 1.38. The quantitative estimate of drug-likeness (QED) is 0.715. The van der Waals surface area contributed by atoms with E-state index in [1.165, 1.54) is 21.3 Å². The van der Waals surface area contributed by atoms with Crippen molar-refractivity contribution in [1.82, 2.24) is 0 Å². The summed E-state index contributed by atoms with van der Waals surface area (Å²) in [4.78, 5) is 12.2. The van der Waals surface area contributed by atoms with Gasteiger partial charge in [0, 0.05) is 23.5 Å². The molecule has 7 heteroatoms. The van der Waals surface area contributed by atoms with E-state index >= 15 is 0 Å². The van der Waals surface area contributed by atoms with Crippen molar-refractivity contribution >= 4 is 17.3 Å². The Kier molecular flexibility index (Phi) is 6.96. The number of carbonyl (C=O) groups excluding carboxylic acids is 1. The highest BCUT2D eigenvalue weighted by atomic mass is 16.5. The maximum absolute atomic E-state index is 12.2. The first-order valence-corrected chi connectivity index (χ1v) is 8.17. The molecule has 140 valence electrons. The van der Waals surface area contributed by atoms with Gasteiger partial charge in [-0.2, -0.15) is 0 Å². The van der Waals surface area contributed by atoms with Crippen LogP contribution in [0.4, 0.5) is 11.4 Å². The summed E-state index contributed by atoms with van der Waals surface area (Å²) in [6.07, 6.45) is 0. The van der Waals surface area contributed by atoms with Crippen LogP contribution < -0.4 is 29.6 Å². The first kappa shape index (κ1) is 19.2. The summed E-state index contributed by atoms with van der Waals surface area (Å²) in [5, 5.41) is 5.86. The normalized spacial score (nSPS) is 10.0. The summed E-state index contributed by atoms with van der Waals surface area (Å²) in [6.45, 7) is 2.66. The lowest BCUT2D eigenvalue weighted by Gasteiger charge is -2.15. The van der Waals surface area contributed by atoms with Gasteiger partial charge in [-0.1, -0.05) is 0 Å². The average molecular weight is 360 g/mol. The molecule has 0 atom stereocenters. The lowest BCUT2D eigenvalue weighted by atomic mass is 10.2. The molecule has 0 fully saturated rings. The lowest BCUT2D eigenvalue weighted by molar-refractivity contribution is -0.114. The van der Waals surface area contributed by atoms with Crippen LogP contribution in [0.2, 0.25) is 0 Å². The maximum atomic E-state index is 12.2. The van der Waals surface area contributed by atoms with Gasteiger partial charge in [0.1, 0.15) is 5.75 Å². The van der Waals surface area contributed by atoms with E-state index in [0.29, 0.717) is 29.5 Å². The molecule has 0 heterocycles. The van der Waals surface area contributed by atoms with Gasteiger partial charge in [0.2, 0.25) is 11.7 Å². The Morgan fingerprint density at radius 2 is 1.54 bits per heavy atom. The van der Waals surface area contributed by atoms with Gasteiger partial charge < -0.3 is 29.6 Å². The number of rotatable bonds is 9. The maximum Gasteiger partial charge on any atom is 0.243 e. The second-order valence-electron chi connectivity index (χ2n) is 5.27. The second kappa shape index (κ2) is 9.41. The third-order valence-corrected chi connectivity index (χ3v) is 3.57. The molecular weight excluding hydrogens is 336 g/mol. The van der Waals surface area contributed by atoms with Crippen LogP contribution in [0.15, 0.2) is 36.4 Å². The molecule has 7 nitrogen and oxygen atoms in total. The molecule has 0 saturated carbocycles. The van der Waals surface area contributed by atoms with Gasteiger partial charge in [0.05, 0.1) is 34.5 Å². The zero-order valence-electron chi connectivity index (χ0n) is 15.4. The van der Waals surface area contributed by atoms with Crippen LogP contribution in [0.1, 0.15) is 6.92 Å². The summed E-state index contributed by atoms with van der Waals surface area (Å²) < 4.78 is 21.2. The predicted molar refractivity (Wildman–Crippen MR) is 101 cm³/mol. The van der Waals surface area contributed by atoms with Crippen molar-refractivity contribution in [3.8, 4) is 23.0 Å². The molecule has 0 aliphatic carbocycles. The highest BCUT2D eigenvalue weighted by molar-refractivity contribution is 5.94. The zero-order valence-corrected chi connectivity index (χ0v) is 15.4. The molecule has 2 N–H and O–H groups in total. The first-order valence-electron chi connectivity index (χ1n) is 8.17. The van der Waals surface area contributed by atoms with Crippen LogP contribution in [-0.4, -0.2) is 40.4 Å². The third-order valence-electron chi connectivity index (χ3n) is 3.57. The molecule has 2 rings (SSSR count). The largest absolute Gasteiger partial charge is 0.494 e. The standard InChI is InChI=1S/C19H24N2O5/c1-5-26-15-8-6-13(7-9-15)20-12-18(22)21-14-10-16(23-2)19(25-4)17(11-14)24-3/h6-11,20H,5,12H2,1-4H3,(H,21,22). The Morgan fingerprint density at radius 3 is 2.04 bits per heavy atom. The molecule has 2 aromatic rings. The Morgan fingerprint density at radius 1 is 0.923 bits per heavy atom. The van der Waals surface area contributed by atoms with Crippen LogP contribution >= 0.6 is 0 Å². The van der Waals surface area contributed by atoms with E-state index < -0.39 is 0 Å². The number of anilines is 2. The smallest absolute Gasteiger partial charge is 0.243 e. The molecule has 26 heavy (non-hydrogen) atoms. The lowest BCUT2D eigenvalue weighted by Crippen LogP contribution is -2.21. The Hall–Kier alpha value is -3.09. The number of hydrogen-bond donors (Lipinski definition) is 2. The molecule has 0 spiro atoms. The minimum absolute atomic E-state index is 0.116. The van der Waals surface area contributed by atoms with E-state index in [0.717, 1.165) is 11.4 Å². The molecule has 0 unspecified atom stereocenters. The van der Waals surface area contributed by atoms with Gasteiger partial charge in [-0.3, -0.25) is 4.79 Å². The van der Waals surface area contributed by atoms with Crippen LogP contribution in [0.3, 0.4) is 0 Å². The molecule has 1 amide bonds. The zero-order chi connectivity index (χ0) is 18.9. The average Bonchev–Trinajstić information content (AvgIpc) is 2.66. The van der Waals surface area contributed by atoms with Crippen molar-refractivity contribution in [1.29, 1.82) is 0 Å². The second-order valence-corrected chi connectivity index (χ2v) is 5.27. The SMILES string of the molecule is CCOc1ccc(NCC(=O)Nc2cc(OC)c(OC)c(OC)c2)cc1. The van der Waals surface area contributed by atoms with E-state index in [1.54, 1.807) is 12.1 Å². The highest BCUT2D eigenvalue weighted by Crippen LogP contribution is 2.39.